The van der Waals surface area contributed by atoms with Crippen LogP contribution in [0, 0.1) is 0 Å². The SMILES string of the molecule is C[C@H]1C[C@@H](NS(=O)(=O)Cc2ccon2)CCN1Cc1ccccc1. The highest BCUT2D eigenvalue weighted by molar-refractivity contribution is 7.88. The van der Waals surface area contributed by atoms with Crippen LogP contribution in [-0.2, 0) is 22.3 Å². The van der Waals surface area contributed by atoms with Gasteiger partial charge in [0.25, 0.3) is 0 Å². The van der Waals surface area contributed by atoms with Crippen LogP contribution >= 0.6 is 0 Å². The molecule has 1 N–H and O–H groups in total. The van der Waals surface area contributed by atoms with Crippen molar-refractivity contribution in [2.75, 3.05) is 6.54 Å². The Morgan fingerprint density at radius 1 is 1.29 bits per heavy atom. The fourth-order valence-electron chi connectivity index (χ4n) is 3.18. The van der Waals surface area contributed by atoms with Crippen molar-refractivity contribution < 1.29 is 12.9 Å². The first-order chi connectivity index (χ1) is 11.5. The Kier molecular flexibility index (Phi) is 5.33. The van der Waals surface area contributed by atoms with E-state index >= 15 is 0 Å². The van der Waals surface area contributed by atoms with E-state index < -0.39 is 10.0 Å². The minimum absolute atomic E-state index is 0.0241. The number of sulfonamides is 1. The largest absolute Gasteiger partial charge is 0.364 e. The van der Waals surface area contributed by atoms with Gasteiger partial charge in [0.05, 0.1) is 5.69 Å². The van der Waals surface area contributed by atoms with Crippen LogP contribution in [0.5, 0.6) is 0 Å². The lowest BCUT2D eigenvalue weighted by Crippen LogP contribution is -2.48. The van der Waals surface area contributed by atoms with Crippen LogP contribution in [0.1, 0.15) is 31.0 Å². The minimum atomic E-state index is -3.39. The highest BCUT2D eigenvalue weighted by atomic mass is 32.2. The second-order valence-corrected chi connectivity index (χ2v) is 8.15. The number of nitrogens with zero attached hydrogens (tertiary/aromatic N) is 2. The molecule has 1 aliphatic rings. The molecule has 1 fully saturated rings. The van der Waals surface area contributed by atoms with Gasteiger partial charge in [-0.25, -0.2) is 13.1 Å². The van der Waals surface area contributed by atoms with Crippen LogP contribution in [0.4, 0.5) is 0 Å². The number of nitrogens with one attached hydrogen (secondary N) is 1. The first kappa shape index (κ1) is 17.1. The van der Waals surface area contributed by atoms with E-state index in [2.05, 4.69) is 38.4 Å². The average Bonchev–Trinajstić information content (AvgIpc) is 3.03. The Labute approximate surface area is 142 Å². The topological polar surface area (TPSA) is 75.4 Å². The van der Waals surface area contributed by atoms with E-state index in [1.165, 1.54) is 11.8 Å². The first-order valence-electron chi connectivity index (χ1n) is 8.19. The van der Waals surface area contributed by atoms with E-state index in [1.54, 1.807) is 6.07 Å². The molecule has 24 heavy (non-hydrogen) atoms. The van der Waals surface area contributed by atoms with Crippen LogP contribution in [0.25, 0.3) is 0 Å². The number of rotatable bonds is 6. The van der Waals surface area contributed by atoms with Gasteiger partial charge in [0.15, 0.2) is 0 Å². The normalized spacial score (nSPS) is 22.5. The van der Waals surface area contributed by atoms with Crippen molar-refractivity contribution in [2.24, 2.45) is 0 Å². The van der Waals surface area contributed by atoms with Gasteiger partial charge in [0, 0.05) is 31.2 Å². The summed E-state index contributed by atoms with van der Waals surface area (Å²) in [5, 5.41) is 3.67. The third-order valence-electron chi connectivity index (χ3n) is 4.42. The lowest BCUT2D eigenvalue weighted by molar-refractivity contribution is 0.135. The predicted molar refractivity (Wildman–Crippen MR) is 91.6 cm³/mol. The molecule has 6 nitrogen and oxygen atoms in total. The van der Waals surface area contributed by atoms with Crippen molar-refractivity contribution in [1.82, 2.24) is 14.8 Å². The molecule has 2 atom stereocenters. The average molecular weight is 349 g/mol. The van der Waals surface area contributed by atoms with Crippen molar-refractivity contribution in [3.8, 4) is 0 Å². The number of hydrogen-bond donors (Lipinski definition) is 1. The van der Waals surface area contributed by atoms with Gasteiger partial charge >= 0.3 is 0 Å². The van der Waals surface area contributed by atoms with Crippen molar-refractivity contribution in [1.29, 1.82) is 0 Å². The van der Waals surface area contributed by atoms with Gasteiger partial charge in [0.1, 0.15) is 12.0 Å². The maximum Gasteiger partial charge on any atom is 0.217 e. The van der Waals surface area contributed by atoms with Crippen molar-refractivity contribution >= 4 is 10.0 Å². The summed E-state index contributed by atoms with van der Waals surface area (Å²) in [6.07, 6.45) is 3.01. The number of piperidine rings is 1. The summed E-state index contributed by atoms with van der Waals surface area (Å²) in [4.78, 5) is 2.40. The van der Waals surface area contributed by atoms with E-state index in [9.17, 15) is 8.42 Å². The molecule has 2 heterocycles. The van der Waals surface area contributed by atoms with Crippen LogP contribution in [0.2, 0.25) is 0 Å². The highest BCUT2D eigenvalue weighted by Crippen LogP contribution is 2.20. The standard InChI is InChI=1S/C17H23N3O3S/c1-14-11-16(19-24(21,22)13-17-8-10-23-18-17)7-9-20(14)12-15-5-3-2-4-6-15/h2-6,8,10,14,16,19H,7,9,11-13H2,1H3/t14-,16-/m0/s1. The van der Waals surface area contributed by atoms with Gasteiger partial charge < -0.3 is 4.52 Å². The van der Waals surface area contributed by atoms with Crippen molar-refractivity contribution in [2.45, 2.75) is 44.1 Å². The molecule has 2 aromatic rings. The smallest absolute Gasteiger partial charge is 0.217 e. The Bertz CT molecular complexity index is 732. The summed E-state index contributed by atoms with van der Waals surface area (Å²) in [7, 11) is -3.39. The van der Waals surface area contributed by atoms with Crippen LogP contribution < -0.4 is 4.72 Å². The quantitative estimate of drug-likeness (QED) is 0.865. The zero-order valence-electron chi connectivity index (χ0n) is 13.8. The van der Waals surface area contributed by atoms with Gasteiger partial charge in [-0.15, -0.1) is 0 Å². The molecule has 0 unspecified atom stereocenters. The Hall–Kier alpha value is -1.70. The molecule has 0 aliphatic carbocycles. The van der Waals surface area contributed by atoms with E-state index in [1.807, 2.05) is 18.2 Å². The molecule has 3 rings (SSSR count). The zero-order chi connectivity index (χ0) is 17.0. The van der Waals surface area contributed by atoms with Crippen molar-refractivity contribution in [3.63, 3.8) is 0 Å². The van der Waals surface area contributed by atoms with E-state index in [-0.39, 0.29) is 11.8 Å². The molecular formula is C17H23N3O3S. The fourth-order valence-corrected chi connectivity index (χ4v) is 4.53. The fraction of sp³-hybridized carbons (Fsp3) is 0.471. The highest BCUT2D eigenvalue weighted by Gasteiger charge is 2.28. The predicted octanol–water partition coefficient (Wildman–Crippen LogP) is 2.15. The van der Waals surface area contributed by atoms with Gasteiger partial charge in [0.2, 0.25) is 10.0 Å². The second-order valence-electron chi connectivity index (χ2n) is 6.39. The van der Waals surface area contributed by atoms with Gasteiger partial charge in [-0.2, -0.15) is 0 Å². The molecule has 1 aromatic carbocycles. The molecular weight excluding hydrogens is 326 g/mol. The lowest BCUT2D eigenvalue weighted by Gasteiger charge is -2.37. The van der Waals surface area contributed by atoms with E-state index in [4.69, 9.17) is 0 Å². The summed E-state index contributed by atoms with van der Waals surface area (Å²) in [5.41, 5.74) is 1.71. The Morgan fingerprint density at radius 3 is 2.75 bits per heavy atom. The minimum Gasteiger partial charge on any atom is -0.364 e. The third-order valence-corrected chi connectivity index (χ3v) is 5.79. The number of aromatic nitrogens is 1. The second kappa shape index (κ2) is 7.46. The van der Waals surface area contributed by atoms with Crippen LogP contribution in [0.3, 0.4) is 0 Å². The van der Waals surface area contributed by atoms with Gasteiger partial charge in [-0.05, 0) is 25.3 Å². The van der Waals surface area contributed by atoms with Crippen LogP contribution in [-0.4, -0.2) is 37.1 Å². The maximum absolute atomic E-state index is 12.2. The monoisotopic (exact) mass is 349 g/mol. The first-order valence-corrected chi connectivity index (χ1v) is 9.84. The van der Waals surface area contributed by atoms with E-state index in [0.29, 0.717) is 11.7 Å². The Balaban J connectivity index is 1.53. The van der Waals surface area contributed by atoms with E-state index in [0.717, 1.165) is 25.9 Å². The molecule has 1 saturated heterocycles. The number of benzene rings is 1. The molecule has 130 valence electrons. The molecule has 0 bridgehead atoms. The van der Waals surface area contributed by atoms with Crippen LogP contribution in [0.15, 0.2) is 47.2 Å². The summed E-state index contributed by atoms with van der Waals surface area (Å²) < 4.78 is 32.0. The Morgan fingerprint density at radius 2 is 2.08 bits per heavy atom. The summed E-state index contributed by atoms with van der Waals surface area (Å²) in [5.74, 6) is -0.137. The molecule has 1 aromatic heterocycles. The van der Waals surface area contributed by atoms with Gasteiger partial charge in [-0.3, -0.25) is 4.90 Å². The number of likely N-dealkylation sites (tertiary alicyclic amines) is 1. The lowest BCUT2D eigenvalue weighted by atomic mass is 9.98. The van der Waals surface area contributed by atoms with Crippen molar-refractivity contribution in [3.05, 3.63) is 53.9 Å². The molecule has 0 radical (unpaired) electrons. The summed E-state index contributed by atoms with van der Waals surface area (Å²) in [6.45, 7) is 3.94. The molecule has 0 spiro atoms. The third kappa shape index (κ3) is 4.66. The molecule has 0 amide bonds. The molecule has 0 saturated carbocycles. The zero-order valence-corrected chi connectivity index (χ0v) is 14.6. The summed E-state index contributed by atoms with van der Waals surface area (Å²) >= 11 is 0. The van der Waals surface area contributed by atoms with Gasteiger partial charge in [-0.1, -0.05) is 35.5 Å². The maximum atomic E-state index is 12.2. The number of hydrogen-bond acceptors (Lipinski definition) is 5. The molecule has 1 aliphatic heterocycles. The molecule has 7 heteroatoms. The summed E-state index contributed by atoms with van der Waals surface area (Å²) in [6, 6.07) is 12.2.